The number of phenols is 1. The summed E-state index contributed by atoms with van der Waals surface area (Å²) in [6.07, 6.45) is 11.2. The van der Waals surface area contributed by atoms with E-state index in [9.17, 15) is 18.1 Å². The summed E-state index contributed by atoms with van der Waals surface area (Å²) < 4.78 is 38.8. The van der Waals surface area contributed by atoms with E-state index in [2.05, 4.69) is 6.92 Å². The van der Waals surface area contributed by atoms with E-state index in [1.165, 1.54) is 50.7 Å². The van der Waals surface area contributed by atoms with Gasteiger partial charge in [-0.2, -0.15) is 8.42 Å². The number of phenolic OH excluding ortho intramolecular Hbond substituents is 1. The number of aryl methyl sites for hydroxylation is 1. The van der Waals surface area contributed by atoms with Crippen molar-refractivity contribution in [3.05, 3.63) is 48.0 Å². The molecule has 0 radical (unpaired) electrons. The average molecular weight is 421 g/mol. The molecule has 2 aromatic carbocycles. The van der Waals surface area contributed by atoms with E-state index in [1.807, 2.05) is 6.07 Å². The maximum absolute atomic E-state index is 11.8. The first-order chi connectivity index (χ1) is 13.9. The van der Waals surface area contributed by atoms with Gasteiger partial charge in [0.25, 0.3) is 10.1 Å². The Morgan fingerprint density at radius 2 is 1.45 bits per heavy atom. The molecule has 0 spiro atoms. The first-order valence-corrected chi connectivity index (χ1v) is 11.9. The van der Waals surface area contributed by atoms with Crippen molar-refractivity contribution in [2.24, 2.45) is 0 Å². The molecular formula is C23H32O5S. The van der Waals surface area contributed by atoms with Crippen LogP contribution in [0.15, 0.2) is 47.4 Å². The minimum absolute atomic E-state index is 0.0251. The van der Waals surface area contributed by atoms with E-state index in [-0.39, 0.29) is 16.4 Å². The van der Waals surface area contributed by atoms with Crippen molar-refractivity contribution in [3.8, 4) is 17.2 Å². The van der Waals surface area contributed by atoms with E-state index < -0.39 is 10.1 Å². The number of para-hydroxylation sites is 1. The number of hydrogen-bond acceptors (Lipinski definition) is 4. The lowest BCUT2D eigenvalue weighted by Crippen LogP contribution is -2.03. The Morgan fingerprint density at radius 3 is 2.03 bits per heavy atom. The van der Waals surface area contributed by atoms with Gasteiger partial charge in [0.2, 0.25) is 0 Å². The number of ether oxygens (including phenoxy) is 1. The minimum atomic E-state index is -4.48. The fourth-order valence-corrected chi connectivity index (χ4v) is 3.96. The highest BCUT2D eigenvalue weighted by atomic mass is 32.2. The second-order valence-corrected chi connectivity index (χ2v) is 8.79. The van der Waals surface area contributed by atoms with E-state index in [0.29, 0.717) is 17.7 Å². The number of hydrogen-bond donors (Lipinski definition) is 2. The van der Waals surface area contributed by atoms with Crippen LogP contribution in [0, 0.1) is 0 Å². The predicted molar refractivity (Wildman–Crippen MR) is 115 cm³/mol. The summed E-state index contributed by atoms with van der Waals surface area (Å²) in [7, 11) is -4.48. The van der Waals surface area contributed by atoms with Crippen molar-refractivity contribution < 1.29 is 22.8 Å². The Labute approximate surface area is 174 Å². The van der Waals surface area contributed by atoms with Gasteiger partial charge in [0.05, 0.1) is 0 Å². The van der Waals surface area contributed by atoms with Gasteiger partial charge in [0.1, 0.15) is 16.4 Å². The first-order valence-electron chi connectivity index (χ1n) is 10.5. The van der Waals surface area contributed by atoms with Crippen molar-refractivity contribution >= 4 is 10.1 Å². The lowest BCUT2D eigenvalue weighted by Gasteiger charge is -2.13. The molecule has 0 atom stereocenters. The Hall–Kier alpha value is -2.05. The van der Waals surface area contributed by atoms with Crippen LogP contribution < -0.4 is 4.74 Å². The number of aromatic hydroxyl groups is 1. The second-order valence-electron chi connectivity index (χ2n) is 7.40. The lowest BCUT2D eigenvalue weighted by atomic mass is 10.0. The highest BCUT2D eigenvalue weighted by Crippen LogP contribution is 2.35. The van der Waals surface area contributed by atoms with Gasteiger partial charge in [-0.15, -0.1) is 0 Å². The molecule has 5 nitrogen and oxygen atoms in total. The summed E-state index contributed by atoms with van der Waals surface area (Å²) in [5, 5.41) is 10.3. The van der Waals surface area contributed by atoms with Gasteiger partial charge < -0.3 is 9.84 Å². The molecule has 29 heavy (non-hydrogen) atoms. The quantitative estimate of drug-likeness (QED) is 0.285. The molecule has 6 heteroatoms. The monoisotopic (exact) mass is 420 g/mol. The van der Waals surface area contributed by atoms with Crippen molar-refractivity contribution in [1.82, 2.24) is 0 Å². The van der Waals surface area contributed by atoms with Crippen molar-refractivity contribution in [3.63, 3.8) is 0 Å². The highest BCUT2D eigenvalue weighted by Gasteiger charge is 2.21. The molecule has 160 valence electrons. The molecular weight excluding hydrogens is 388 g/mol. The maximum Gasteiger partial charge on any atom is 0.298 e. The third-order valence-electron chi connectivity index (χ3n) is 4.94. The second kappa shape index (κ2) is 11.8. The molecule has 0 heterocycles. The van der Waals surface area contributed by atoms with Crippen molar-refractivity contribution in [1.29, 1.82) is 0 Å². The Kier molecular flexibility index (Phi) is 9.48. The zero-order valence-electron chi connectivity index (χ0n) is 17.1. The highest BCUT2D eigenvalue weighted by molar-refractivity contribution is 7.86. The van der Waals surface area contributed by atoms with Crippen molar-refractivity contribution in [2.45, 2.75) is 76.0 Å². The first kappa shape index (κ1) is 23.2. The summed E-state index contributed by atoms with van der Waals surface area (Å²) in [5.41, 5.74) is 0.501. The third-order valence-corrected chi connectivity index (χ3v) is 5.82. The van der Waals surface area contributed by atoms with Crippen LogP contribution in [0.1, 0.15) is 70.3 Å². The van der Waals surface area contributed by atoms with Gasteiger partial charge in [0.15, 0.2) is 5.75 Å². The molecule has 0 saturated carbocycles. The van der Waals surface area contributed by atoms with Crippen LogP contribution >= 0.6 is 0 Å². The summed E-state index contributed by atoms with van der Waals surface area (Å²) in [6.45, 7) is 2.21. The van der Waals surface area contributed by atoms with E-state index in [4.69, 9.17) is 4.74 Å². The molecule has 0 saturated heterocycles. The molecule has 2 rings (SSSR count). The lowest BCUT2D eigenvalue weighted by molar-refractivity contribution is 0.433. The van der Waals surface area contributed by atoms with Gasteiger partial charge in [-0.1, -0.05) is 76.5 Å². The third kappa shape index (κ3) is 8.07. The molecule has 2 aromatic rings. The molecule has 0 aliphatic heterocycles. The van der Waals surface area contributed by atoms with Gasteiger partial charge in [0, 0.05) is 6.07 Å². The Bertz CT molecular complexity index is 847. The van der Waals surface area contributed by atoms with Crippen LogP contribution in [0.4, 0.5) is 0 Å². The number of benzene rings is 2. The van der Waals surface area contributed by atoms with Crippen LogP contribution in [0.25, 0.3) is 0 Å². The zero-order valence-corrected chi connectivity index (χ0v) is 18.0. The van der Waals surface area contributed by atoms with E-state index >= 15 is 0 Å². The SMILES string of the molecule is CCCCCCCCCCCc1cc(S(=O)(=O)O)c(Oc2ccccc2)cc1O. The smallest absolute Gasteiger partial charge is 0.298 e. The van der Waals surface area contributed by atoms with Crippen LogP contribution in [0.2, 0.25) is 0 Å². The zero-order chi connectivity index (χ0) is 21.1. The molecule has 0 aromatic heterocycles. The predicted octanol–water partition coefficient (Wildman–Crippen LogP) is 6.50. The van der Waals surface area contributed by atoms with Gasteiger partial charge in [-0.05, 0) is 36.6 Å². The van der Waals surface area contributed by atoms with Crippen LogP contribution in [0.5, 0.6) is 17.2 Å². The molecule has 0 unspecified atom stereocenters. The van der Waals surface area contributed by atoms with Crippen LogP contribution in [-0.2, 0) is 16.5 Å². The molecule has 0 amide bonds. The largest absolute Gasteiger partial charge is 0.508 e. The van der Waals surface area contributed by atoms with E-state index in [1.54, 1.807) is 24.3 Å². The van der Waals surface area contributed by atoms with Gasteiger partial charge in [-0.3, -0.25) is 4.55 Å². The Balaban J connectivity index is 1.95. The topological polar surface area (TPSA) is 83.8 Å². The van der Waals surface area contributed by atoms with Crippen LogP contribution in [0.3, 0.4) is 0 Å². The standard InChI is InChI=1S/C23H32O5S/c1-2-3-4-5-6-7-8-9-11-14-19-17-23(29(25,26)27)22(18-21(19)24)28-20-15-12-10-13-16-20/h10,12-13,15-18,24H,2-9,11,14H2,1H3,(H,25,26,27). The van der Waals surface area contributed by atoms with Gasteiger partial charge in [-0.25, -0.2) is 0 Å². The minimum Gasteiger partial charge on any atom is -0.508 e. The fourth-order valence-electron chi connectivity index (χ4n) is 3.31. The summed E-state index contributed by atoms with van der Waals surface area (Å²) in [6, 6.07) is 11.2. The van der Waals surface area contributed by atoms with Crippen molar-refractivity contribution in [2.75, 3.05) is 0 Å². The fraction of sp³-hybridized carbons (Fsp3) is 0.478. The Morgan fingerprint density at radius 1 is 0.862 bits per heavy atom. The maximum atomic E-state index is 11.8. The van der Waals surface area contributed by atoms with Gasteiger partial charge >= 0.3 is 0 Å². The molecule has 0 aliphatic carbocycles. The molecule has 0 fully saturated rings. The number of unbranched alkanes of at least 4 members (excludes halogenated alkanes) is 8. The summed E-state index contributed by atoms with van der Waals surface area (Å²) in [5.74, 6) is 0.304. The summed E-state index contributed by atoms with van der Waals surface area (Å²) >= 11 is 0. The van der Waals surface area contributed by atoms with Crippen LogP contribution in [-0.4, -0.2) is 18.1 Å². The number of rotatable bonds is 13. The molecule has 2 N–H and O–H groups in total. The average Bonchev–Trinajstić information content (AvgIpc) is 2.68. The molecule has 0 bridgehead atoms. The van der Waals surface area contributed by atoms with E-state index in [0.717, 1.165) is 19.3 Å². The normalized spacial score (nSPS) is 11.5. The summed E-state index contributed by atoms with van der Waals surface area (Å²) in [4.78, 5) is -0.329. The molecule has 0 aliphatic rings.